The van der Waals surface area contributed by atoms with E-state index >= 15 is 0 Å². The van der Waals surface area contributed by atoms with Crippen molar-refractivity contribution in [1.82, 2.24) is 9.97 Å². The largest absolute Gasteiger partial charge is 0.491 e. The summed E-state index contributed by atoms with van der Waals surface area (Å²) in [5.41, 5.74) is 2.07. The highest BCUT2D eigenvalue weighted by Gasteiger charge is 2.12. The SMILES string of the molecule is CCCCCCCCCCc1cnc(-c2ccc(OCC(F)CCC(F)CCC)cc2)nc1. The lowest BCUT2D eigenvalue weighted by Gasteiger charge is -2.12. The van der Waals surface area contributed by atoms with E-state index in [2.05, 4.69) is 16.9 Å². The lowest BCUT2D eigenvalue weighted by molar-refractivity contribution is 0.168. The van der Waals surface area contributed by atoms with Gasteiger partial charge >= 0.3 is 0 Å². The van der Waals surface area contributed by atoms with E-state index in [1.165, 1.54) is 56.9 Å². The van der Waals surface area contributed by atoms with Gasteiger partial charge in [-0.1, -0.05) is 65.2 Å². The fraction of sp³-hybridized carbons (Fsp3) is 0.643. The van der Waals surface area contributed by atoms with Crippen LogP contribution in [0.25, 0.3) is 11.4 Å². The lowest BCUT2D eigenvalue weighted by atomic mass is 10.1. The number of rotatable bonds is 18. The number of aryl methyl sites for hydroxylation is 1. The van der Waals surface area contributed by atoms with Crippen molar-refractivity contribution in [3.63, 3.8) is 0 Å². The third kappa shape index (κ3) is 11.6. The second-order valence-corrected chi connectivity index (χ2v) is 9.04. The van der Waals surface area contributed by atoms with Crippen molar-refractivity contribution in [2.75, 3.05) is 6.61 Å². The number of aromatic nitrogens is 2. The van der Waals surface area contributed by atoms with E-state index in [0.717, 1.165) is 18.4 Å². The van der Waals surface area contributed by atoms with Crippen molar-refractivity contribution >= 4 is 0 Å². The first-order valence-electron chi connectivity index (χ1n) is 12.9. The zero-order valence-corrected chi connectivity index (χ0v) is 20.6. The van der Waals surface area contributed by atoms with E-state index in [1.54, 1.807) is 12.1 Å². The highest BCUT2D eigenvalue weighted by Crippen LogP contribution is 2.21. The van der Waals surface area contributed by atoms with Gasteiger partial charge in [0.05, 0.1) is 0 Å². The molecule has 2 unspecified atom stereocenters. The summed E-state index contributed by atoms with van der Waals surface area (Å²) in [7, 11) is 0. The minimum Gasteiger partial charge on any atom is -0.491 e. The summed E-state index contributed by atoms with van der Waals surface area (Å²) in [5.74, 6) is 1.27. The molecule has 2 rings (SSSR count). The molecule has 0 fully saturated rings. The molecule has 0 N–H and O–H groups in total. The number of hydrogen-bond donors (Lipinski definition) is 0. The third-order valence-corrected chi connectivity index (χ3v) is 5.96. The summed E-state index contributed by atoms with van der Waals surface area (Å²) in [6.45, 7) is 4.13. The van der Waals surface area contributed by atoms with E-state index in [9.17, 15) is 8.78 Å². The summed E-state index contributed by atoms with van der Waals surface area (Å²) in [5, 5.41) is 0. The lowest BCUT2D eigenvalue weighted by Crippen LogP contribution is -2.15. The van der Waals surface area contributed by atoms with Crippen LogP contribution in [-0.2, 0) is 6.42 Å². The predicted molar refractivity (Wildman–Crippen MR) is 133 cm³/mol. The number of benzene rings is 1. The average Bonchev–Trinajstić information content (AvgIpc) is 2.84. The number of hydrogen-bond acceptors (Lipinski definition) is 3. The number of halogens is 2. The molecule has 3 nitrogen and oxygen atoms in total. The zero-order chi connectivity index (χ0) is 23.7. The third-order valence-electron chi connectivity index (χ3n) is 5.96. The van der Waals surface area contributed by atoms with Gasteiger partial charge in [-0.3, -0.25) is 0 Å². The first-order chi connectivity index (χ1) is 16.1. The van der Waals surface area contributed by atoms with Crippen LogP contribution in [0, 0.1) is 0 Å². The molecular formula is C28H42F2N2O. The Kier molecular flexibility index (Phi) is 13.6. The number of unbranched alkanes of at least 4 members (excludes halogenated alkanes) is 7. The molecule has 0 saturated heterocycles. The molecule has 5 heteroatoms. The fourth-order valence-electron chi connectivity index (χ4n) is 3.89. The molecule has 0 spiro atoms. The van der Waals surface area contributed by atoms with Crippen molar-refractivity contribution in [3.05, 3.63) is 42.2 Å². The van der Waals surface area contributed by atoms with E-state index in [0.29, 0.717) is 18.0 Å². The normalized spacial score (nSPS) is 13.1. The topological polar surface area (TPSA) is 35.0 Å². The van der Waals surface area contributed by atoms with Gasteiger partial charge in [0.2, 0.25) is 0 Å². The van der Waals surface area contributed by atoms with Crippen molar-refractivity contribution in [2.24, 2.45) is 0 Å². The monoisotopic (exact) mass is 460 g/mol. The standard InChI is InChI=1S/C28H42F2N2O/c1-3-5-6-7-8-9-10-11-13-23-20-31-28(32-21-23)24-14-18-27(19-15-24)33-22-26(30)17-16-25(29)12-4-2/h14-15,18-21,25-26H,3-13,16-17,22H2,1-2H3. The van der Waals surface area contributed by atoms with Gasteiger partial charge < -0.3 is 4.74 Å². The first kappa shape index (κ1) is 27.2. The fourth-order valence-corrected chi connectivity index (χ4v) is 3.89. The van der Waals surface area contributed by atoms with Gasteiger partial charge in [0.1, 0.15) is 24.7 Å². The van der Waals surface area contributed by atoms with Crippen LogP contribution in [0.4, 0.5) is 8.78 Å². The summed E-state index contributed by atoms with van der Waals surface area (Å²) in [4.78, 5) is 9.02. The maximum atomic E-state index is 14.0. The smallest absolute Gasteiger partial charge is 0.159 e. The van der Waals surface area contributed by atoms with Crippen LogP contribution in [-0.4, -0.2) is 28.9 Å². The van der Waals surface area contributed by atoms with E-state index in [-0.39, 0.29) is 19.4 Å². The van der Waals surface area contributed by atoms with Crippen LogP contribution < -0.4 is 4.74 Å². The van der Waals surface area contributed by atoms with Crippen LogP contribution in [0.5, 0.6) is 5.75 Å². The molecule has 1 heterocycles. The number of nitrogens with zero attached hydrogens (tertiary/aromatic N) is 2. The Hall–Kier alpha value is -2.04. The summed E-state index contributed by atoms with van der Waals surface area (Å²) >= 11 is 0. The number of alkyl halides is 2. The molecule has 0 saturated carbocycles. The highest BCUT2D eigenvalue weighted by atomic mass is 19.1. The van der Waals surface area contributed by atoms with E-state index < -0.39 is 12.3 Å². The molecule has 184 valence electrons. The Bertz CT molecular complexity index is 737. The Balaban J connectivity index is 1.68. The minimum atomic E-state index is -1.16. The van der Waals surface area contributed by atoms with Gasteiger partial charge in [0.25, 0.3) is 0 Å². The average molecular weight is 461 g/mol. The molecular weight excluding hydrogens is 418 g/mol. The van der Waals surface area contributed by atoms with Gasteiger partial charge in [-0.25, -0.2) is 18.7 Å². The van der Waals surface area contributed by atoms with Crippen LogP contribution in [0.2, 0.25) is 0 Å². The Labute approximate surface area is 199 Å². The summed E-state index contributed by atoms with van der Waals surface area (Å²) in [6, 6.07) is 7.37. The minimum absolute atomic E-state index is 0.0534. The summed E-state index contributed by atoms with van der Waals surface area (Å²) < 4.78 is 33.0. The predicted octanol–water partition coefficient (Wildman–Crippen LogP) is 8.46. The van der Waals surface area contributed by atoms with Crippen molar-refractivity contribution in [1.29, 1.82) is 0 Å². The first-order valence-corrected chi connectivity index (χ1v) is 12.9. The highest BCUT2D eigenvalue weighted by molar-refractivity contribution is 5.55. The summed E-state index contributed by atoms with van der Waals surface area (Å²) in [6.07, 6.45) is 15.0. The van der Waals surface area contributed by atoms with Gasteiger partial charge in [-0.15, -0.1) is 0 Å². The maximum Gasteiger partial charge on any atom is 0.159 e. The zero-order valence-electron chi connectivity index (χ0n) is 20.6. The van der Waals surface area contributed by atoms with Gasteiger partial charge in [0, 0.05) is 18.0 Å². The molecule has 2 aromatic rings. The van der Waals surface area contributed by atoms with Gasteiger partial charge in [-0.2, -0.15) is 0 Å². The molecule has 2 atom stereocenters. The molecule has 0 bridgehead atoms. The molecule has 0 aliphatic heterocycles. The second kappa shape index (κ2) is 16.6. The van der Waals surface area contributed by atoms with Crippen molar-refractivity contribution in [3.8, 4) is 17.1 Å². The Morgan fingerprint density at radius 3 is 1.97 bits per heavy atom. The molecule has 0 aliphatic carbocycles. The van der Waals surface area contributed by atoms with Crippen LogP contribution in [0.3, 0.4) is 0 Å². The molecule has 0 radical (unpaired) electrons. The van der Waals surface area contributed by atoms with E-state index in [1.807, 2.05) is 31.5 Å². The molecule has 33 heavy (non-hydrogen) atoms. The Morgan fingerprint density at radius 1 is 0.727 bits per heavy atom. The van der Waals surface area contributed by atoms with Crippen LogP contribution in [0.1, 0.15) is 96.5 Å². The maximum absolute atomic E-state index is 14.0. The number of ether oxygens (including phenoxy) is 1. The molecule has 0 aliphatic rings. The molecule has 0 amide bonds. The van der Waals surface area contributed by atoms with Gasteiger partial charge in [0.15, 0.2) is 5.82 Å². The second-order valence-electron chi connectivity index (χ2n) is 9.04. The van der Waals surface area contributed by atoms with Crippen LogP contribution in [0.15, 0.2) is 36.7 Å². The Morgan fingerprint density at radius 2 is 1.33 bits per heavy atom. The van der Waals surface area contributed by atoms with Crippen LogP contribution >= 0.6 is 0 Å². The van der Waals surface area contributed by atoms with Crippen molar-refractivity contribution in [2.45, 2.75) is 110 Å². The van der Waals surface area contributed by atoms with Crippen molar-refractivity contribution < 1.29 is 13.5 Å². The quantitative estimate of drug-likeness (QED) is 0.209. The molecule has 1 aromatic heterocycles. The molecule has 1 aromatic carbocycles. The van der Waals surface area contributed by atoms with E-state index in [4.69, 9.17) is 4.74 Å². The van der Waals surface area contributed by atoms with Gasteiger partial charge in [-0.05, 0) is 61.9 Å².